The summed E-state index contributed by atoms with van der Waals surface area (Å²) < 4.78 is 19.2. The van der Waals surface area contributed by atoms with Crippen molar-refractivity contribution in [1.82, 2.24) is 29.3 Å². The number of anilines is 1. The van der Waals surface area contributed by atoms with Crippen molar-refractivity contribution in [2.75, 3.05) is 5.32 Å². The average molecular weight is 507 g/mol. The van der Waals surface area contributed by atoms with Gasteiger partial charge in [0, 0.05) is 23.5 Å². The average Bonchev–Trinajstić information content (AvgIpc) is 3.42. The lowest BCUT2D eigenvalue weighted by atomic mass is 10.2. The van der Waals surface area contributed by atoms with Gasteiger partial charge >= 0.3 is 0 Å². The standard InChI is InChI=1S/C20H18BrClFN7O/c1-12-19(21)13(2)30(25-12)11-29-7-5-17(26-29)20(31)24-18-6-8-28(27-18)10-14-3-4-15(23)9-16(14)22/h3-9H,10-11H2,1-2H3,(H,24,27,31). The van der Waals surface area contributed by atoms with Gasteiger partial charge in [-0.25, -0.2) is 9.07 Å². The summed E-state index contributed by atoms with van der Waals surface area (Å²) in [5.74, 6) is -0.397. The molecule has 0 saturated carbocycles. The van der Waals surface area contributed by atoms with Crippen molar-refractivity contribution < 1.29 is 9.18 Å². The second-order valence-corrected chi connectivity index (χ2v) is 8.15. The number of hydrogen-bond donors (Lipinski definition) is 1. The van der Waals surface area contributed by atoms with Gasteiger partial charge in [-0.2, -0.15) is 15.3 Å². The van der Waals surface area contributed by atoms with Gasteiger partial charge in [0.2, 0.25) is 0 Å². The molecule has 0 aliphatic rings. The van der Waals surface area contributed by atoms with E-state index in [4.69, 9.17) is 11.6 Å². The molecular weight excluding hydrogens is 489 g/mol. The number of rotatable bonds is 6. The SMILES string of the molecule is Cc1nn(Cn2ccc(C(=O)Nc3ccn(Cc4ccc(F)cc4Cl)n3)n2)c(C)c1Br. The zero-order chi connectivity index (χ0) is 22.1. The van der Waals surface area contributed by atoms with Crippen LogP contribution in [0.1, 0.15) is 27.4 Å². The number of nitrogens with zero attached hydrogens (tertiary/aromatic N) is 6. The number of benzene rings is 1. The summed E-state index contributed by atoms with van der Waals surface area (Å²) >= 11 is 9.56. The fraction of sp³-hybridized carbons (Fsp3) is 0.200. The summed E-state index contributed by atoms with van der Waals surface area (Å²) in [6, 6.07) is 7.50. The van der Waals surface area contributed by atoms with Crippen molar-refractivity contribution >= 4 is 39.3 Å². The zero-order valence-corrected chi connectivity index (χ0v) is 19.0. The Morgan fingerprint density at radius 2 is 1.90 bits per heavy atom. The molecule has 4 aromatic rings. The van der Waals surface area contributed by atoms with Crippen LogP contribution in [0.25, 0.3) is 0 Å². The predicted molar refractivity (Wildman–Crippen MR) is 118 cm³/mol. The van der Waals surface area contributed by atoms with E-state index in [9.17, 15) is 9.18 Å². The van der Waals surface area contributed by atoms with Gasteiger partial charge in [-0.3, -0.25) is 14.2 Å². The number of amides is 1. The van der Waals surface area contributed by atoms with Crippen LogP contribution in [0.2, 0.25) is 5.02 Å². The van der Waals surface area contributed by atoms with Gasteiger partial charge in [0.1, 0.15) is 12.5 Å². The summed E-state index contributed by atoms with van der Waals surface area (Å²) in [5.41, 5.74) is 2.85. The molecule has 0 atom stereocenters. The van der Waals surface area contributed by atoms with Gasteiger partial charge in [-0.15, -0.1) is 0 Å². The second-order valence-electron chi connectivity index (χ2n) is 6.95. The Hall–Kier alpha value is -2.98. The van der Waals surface area contributed by atoms with Gasteiger partial charge in [0.15, 0.2) is 11.5 Å². The van der Waals surface area contributed by atoms with Crippen molar-refractivity contribution in [3.8, 4) is 0 Å². The van der Waals surface area contributed by atoms with Crippen LogP contribution in [0, 0.1) is 19.7 Å². The van der Waals surface area contributed by atoms with Gasteiger partial charge < -0.3 is 5.32 Å². The minimum atomic E-state index is -0.396. The summed E-state index contributed by atoms with van der Waals surface area (Å²) in [6.45, 7) is 4.61. The van der Waals surface area contributed by atoms with Crippen LogP contribution < -0.4 is 5.32 Å². The molecule has 3 aromatic heterocycles. The summed E-state index contributed by atoms with van der Waals surface area (Å²) in [7, 11) is 0. The fourth-order valence-corrected chi connectivity index (χ4v) is 3.54. The largest absolute Gasteiger partial charge is 0.304 e. The van der Waals surface area contributed by atoms with E-state index in [1.165, 1.54) is 12.1 Å². The highest BCUT2D eigenvalue weighted by molar-refractivity contribution is 9.10. The smallest absolute Gasteiger partial charge is 0.277 e. The first kappa shape index (κ1) is 21.3. The highest BCUT2D eigenvalue weighted by atomic mass is 79.9. The van der Waals surface area contributed by atoms with E-state index in [-0.39, 0.29) is 11.6 Å². The fourth-order valence-electron chi connectivity index (χ4n) is 3.03. The molecular formula is C20H18BrClFN7O. The van der Waals surface area contributed by atoms with E-state index >= 15 is 0 Å². The molecule has 0 radical (unpaired) electrons. The van der Waals surface area contributed by atoms with E-state index in [2.05, 4.69) is 36.5 Å². The molecule has 31 heavy (non-hydrogen) atoms. The Morgan fingerprint density at radius 1 is 1.13 bits per heavy atom. The third-order valence-corrected chi connectivity index (χ3v) is 6.17. The van der Waals surface area contributed by atoms with Crippen LogP contribution >= 0.6 is 27.5 Å². The molecule has 1 aromatic carbocycles. The molecule has 11 heteroatoms. The first-order valence-electron chi connectivity index (χ1n) is 9.32. The summed E-state index contributed by atoms with van der Waals surface area (Å²) in [4.78, 5) is 12.5. The topological polar surface area (TPSA) is 82.6 Å². The normalized spacial score (nSPS) is 11.1. The predicted octanol–water partition coefficient (Wildman–Crippen LogP) is 4.25. The Labute approximate surface area is 190 Å². The van der Waals surface area contributed by atoms with Crippen molar-refractivity contribution in [3.05, 3.63) is 80.7 Å². The molecule has 0 aliphatic heterocycles. The minimum Gasteiger partial charge on any atom is -0.304 e. The molecule has 0 spiro atoms. The lowest BCUT2D eigenvalue weighted by molar-refractivity contribution is 0.102. The zero-order valence-electron chi connectivity index (χ0n) is 16.7. The van der Waals surface area contributed by atoms with Crippen LogP contribution in [-0.2, 0) is 13.2 Å². The van der Waals surface area contributed by atoms with Gasteiger partial charge in [-0.05, 0) is 53.5 Å². The maximum atomic E-state index is 13.2. The molecule has 3 heterocycles. The van der Waals surface area contributed by atoms with E-state index in [1.807, 2.05) is 13.8 Å². The third kappa shape index (κ3) is 4.70. The minimum absolute atomic E-state index is 0.261. The van der Waals surface area contributed by atoms with Crippen LogP contribution in [0.15, 0.2) is 47.2 Å². The number of halogens is 3. The van der Waals surface area contributed by atoms with E-state index in [0.717, 1.165) is 21.4 Å². The number of hydrogen-bond acceptors (Lipinski definition) is 4. The molecule has 160 valence electrons. The third-order valence-electron chi connectivity index (χ3n) is 4.68. The molecule has 8 nitrogen and oxygen atoms in total. The first-order valence-corrected chi connectivity index (χ1v) is 10.5. The molecule has 0 aliphatic carbocycles. The van der Waals surface area contributed by atoms with E-state index in [0.29, 0.717) is 24.1 Å². The highest BCUT2D eigenvalue weighted by Crippen LogP contribution is 2.20. The maximum Gasteiger partial charge on any atom is 0.277 e. The van der Waals surface area contributed by atoms with Crippen molar-refractivity contribution in [1.29, 1.82) is 0 Å². The van der Waals surface area contributed by atoms with Crippen LogP contribution in [0.3, 0.4) is 0 Å². The van der Waals surface area contributed by atoms with Gasteiger partial charge in [-0.1, -0.05) is 17.7 Å². The lowest BCUT2D eigenvalue weighted by Gasteiger charge is -2.05. The second kappa shape index (κ2) is 8.64. The molecule has 1 amide bonds. The van der Waals surface area contributed by atoms with E-state index < -0.39 is 5.82 Å². The number of aromatic nitrogens is 6. The van der Waals surface area contributed by atoms with Crippen LogP contribution in [0.4, 0.5) is 10.2 Å². The van der Waals surface area contributed by atoms with Crippen LogP contribution in [0.5, 0.6) is 0 Å². The summed E-state index contributed by atoms with van der Waals surface area (Å²) in [6.07, 6.45) is 3.42. The van der Waals surface area contributed by atoms with Crippen molar-refractivity contribution in [2.24, 2.45) is 0 Å². The Balaban J connectivity index is 1.40. The quantitative estimate of drug-likeness (QED) is 0.424. The van der Waals surface area contributed by atoms with Gasteiger partial charge in [0.25, 0.3) is 5.91 Å². The number of carbonyl (C=O) groups excluding carboxylic acids is 1. The van der Waals surface area contributed by atoms with Crippen molar-refractivity contribution in [3.63, 3.8) is 0 Å². The Morgan fingerprint density at radius 3 is 2.61 bits per heavy atom. The van der Waals surface area contributed by atoms with E-state index in [1.54, 1.807) is 44.6 Å². The molecule has 4 rings (SSSR count). The molecule has 0 saturated heterocycles. The monoisotopic (exact) mass is 505 g/mol. The molecule has 0 bridgehead atoms. The lowest BCUT2D eigenvalue weighted by Crippen LogP contribution is -2.16. The number of carbonyl (C=O) groups is 1. The molecule has 1 N–H and O–H groups in total. The number of aryl methyl sites for hydroxylation is 1. The molecule has 0 unspecified atom stereocenters. The Kier molecular flexibility index (Phi) is 5.92. The van der Waals surface area contributed by atoms with Crippen molar-refractivity contribution in [2.45, 2.75) is 27.1 Å². The highest BCUT2D eigenvalue weighted by Gasteiger charge is 2.14. The number of nitrogens with one attached hydrogen (secondary N) is 1. The molecule has 0 fully saturated rings. The Bertz CT molecular complexity index is 1260. The summed E-state index contributed by atoms with van der Waals surface area (Å²) in [5, 5.41) is 16.1. The van der Waals surface area contributed by atoms with Crippen LogP contribution in [-0.4, -0.2) is 35.2 Å². The first-order chi connectivity index (χ1) is 14.8. The van der Waals surface area contributed by atoms with Gasteiger partial charge in [0.05, 0.1) is 22.4 Å². The maximum absolute atomic E-state index is 13.2.